The number of aliphatic hydroxyl groups excluding tert-OH is 1. The Morgan fingerprint density at radius 2 is 0.789 bits per heavy atom. The van der Waals surface area contributed by atoms with Crippen LogP contribution in [-0.4, -0.2) is 37.0 Å². The number of hydrogen-bond acceptors (Lipinski definition) is 4. The number of aliphatic hydroxyl groups is 1. The molecule has 0 amide bonds. The molecular weight excluding hydrogens is 701 g/mol. The summed E-state index contributed by atoms with van der Waals surface area (Å²) in [5.74, 6) is -0.211. The van der Waals surface area contributed by atoms with Gasteiger partial charge in [-0.3, -0.25) is 4.79 Å². The van der Waals surface area contributed by atoms with Gasteiger partial charge >= 0.3 is 5.97 Å². The highest BCUT2D eigenvalue weighted by atomic mass is 16.6. The van der Waals surface area contributed by atoms with Crippen LogP contribution in [0.3, 0.4) is 0 Å². The summed E-state index contributed by atoms with van der Waals surface area (Å²) in [5, 5.41) is 9.64. The highest BCUT2D eigenvalue weighted by molar-refractivity contribution is 5.69. The standard InChI is InChI=1S/C53H98O4/c1-3-5-7-9-11-13-15-17-19-21-23-24-25-26-27-28-29-31-33-35-37-39-41-43-45-47-49-56-51-52(50-54)57-53(55)48-46-44-42-40-38-36-34-32-30-22-20-18-16-14-12-10-8-6-4-2/h6,8,12,14,18,20,30,32,52,54H,3-5,7,9-11,13,15-17,19,21-29,31,33-51H2,1-2H3/b8-6-,14-12-,20-18-,32-30-. The van der Waals surface area contributed by atoms with E-state index >= 15 is 0 Å². The fourth-order valence-electron chi connectivity index (χ4n) is 7.44. The lowest BCUT2D eigenvalue weighted by Gasteiger charge is -2.16. The van der Waals surface area contributed by atoms with Crippen LogP contribution >= 0.6 is 0 Å². The summed E-state index contributed by atoms with van der Waals surface area (Å²) in [6, 6.07) is 0. The molecule has 1 unspecified atom stereocenters. The lowest BCUT2D eigenvalue weighted by atomic mass is 10.0. The second-order valence-electron chi connectivity index (χ2n) is 16.9. The third-order valence-electron chi connectivity index (χ3n) is 11.2. The van der Waals surface area contributed by atoms with Crippen molar-refractivity contribution in [1.29, 1.82) is 0 Å². The Bertz CT molecular complexity index is 889. The summed E-state index contributed by atoms with van der Waals surface area (Å²) >= 11 is 0. The Labute approximate surface area is 356 Å². The van der Waals surface area contributed by atoms with Gasteiger partial charge in [0.05, 0.1) is 13.2 Å². The van der Waals surface area contributed by atoms with E-state index in [1.54, 1.807) is 0 Å². The molecule has 0 bridgehead atoms. The first-order valence-electron chi connectivity index (χ1n) is 25.2. The van der Waals surface area contributed by atoms with E-state index in [2.05, 4.69) is 62.5 Å². The van der Waals surface area contributed by atoms with E-state index in [0.717, 1.165) is 57.8 Å². The number of carbonyl (C=O) groups excluding carboxylic acids is 1. The van der Waals surface area contributed by atoms with Gasteiger partial charge in [0.1, 0.15) is 6.10 Å². The maximum Gasteiger partial charge on any atom is 0.306 e. The zero-order valence-electron chi connectivity index (χ0n) is 38.4. The zero-order valence-corrected chi connectivity index (χ0v) is 38.4. The van der Waals surface area contributed by atoms with E-state index in [-0.39, 0.29) is 12.6 Å². The Morgan fingerprint density at radius 3 is 1.19 bits per heavy atom. The second kappa shape index (κ2) is 50.5. The minimum absolute atomic E-state index is 0.176. The number of rotatable bonds is 47. The second-order valence-corrected chi connectivity index (χ2v) is 16.9. The zero-order chi connectivity index (χ0) is 41.2. The van der Waals surface area contributed by atoms with Crippen LogP contribution in [0, 0.1) is 0 Å². The highest BCUT2D eigenvalue weighted by Gasteiger charge is 2.13. The summed E-state index contributed by atoms with van der Waals surface area (Å²) in [6.45, 7) is 5.26. The van der Waals surface area contributed by atoms with Crippen LogP contribution in [0.2, 0.25) is 0 Å². The minimum Gasteiger partial charge on any atom is -0.457 e. The molecule has 4 heteroatoms. The molecule has 0 aliphatic heterocycles. The first-order chi connectivity index (χ1) is 28.2. The van der Waals surface area contributed by atoms with Crippen molar-refractivity contribution in [2.45, 2.75) is 264 Å². The Morgan fingerprint density at radius 1 is 0.439 bits per heavy atom. The van der Waals surface area contributed by atoms with Gasteiger partial charge in [0.25, 0.3) is 0 Å². The van der Waals surface area contributed by atoms with Gasteiger partial charge in [-0.05, 0) is 51.4 Å². The van der Waals surface area contributed by atoms with Crippen molar-refractivity contribution in [3.8, 4) is 0 Å². The molecule has 4 nitrogen and oxygen atoms in total. The van der Waals surface area contributed by atoms with Gasteiger partial charge in [-0.2, -0.15) is 0 Å². The summed E-state index contributed by atoms with van der Waals surface area (Å²) in [6.07, 6.45) is 66.4. The molecule has 0 radical (unpaired) electrons. The van der Waals surface area contributed by atoms with Crippen LogP contribution in [0.4, 0.5) is 0 Å². The molecule has 0 saturated carbocycles. The van der Waals surface area contributed by atoms with E-state index in [1.807, 2.05) is 0 Å². The maximum absolute atomic E-state index is 12.2. The fourth-order valence-corrected chi connectivity index (χ4v) is 7.44. The van der Waals surface area contributed by atoms with E-state index < -0.39 is 6.10 Å². The van der Waals surface area contributed by atoms with Crippen molar-refractivity contribution in [2.75, 3.05) is 19.8 Å². The summed E-state index contributed by atoms with van der Waals surface area (Å²) in [4.78, 5) is 12.2. The van der Waals surface area contributed by atoms with Crippen molar-refractivity contribution >= 4 is 5.97 Å². The largest absolute Gasteiger partial charge is 0.457 e. The van der Waals surface area contributed by atoms with Gasteiger partial charge in [0.15, 0.2) is 0 Å². The van der Waals surface area contributed by atoms with Crippen LogP contribution in [0.15, 0.2) is 48.6 Å². The van der Waals surface area contributed by atoms with Crippen LogP contribution in [0.1, 0.15) is 258 Å². The van der Waals surface area contributed by atoms with Gasteiger partial charge in [-0.15, -0.1) is 0 Å². The van der Waals surface area contributed by atoms with Crippen molar-refractivity contribution in [2.24, 2.45) is 0 Å². The first-order valence-corrected chi connectivity index (χ1v) is 25.2. The molecule has 0 aromatic carbocycles. The maximum atomic E-state index is 12.2. The molecule has 0 spiro atoms. The number of ether oxygens (including phenoxy) is 2. The normalized spacial score (nSPS) is 12.7. The monoisotopic (exact) mass is 799 g/mol. The molecule has 0 rings (SSSR count). The Balaban J connectivity index is 3.38. The molecule has 1 N–H and O–H groups in total. The smallest absolute Gasteiger partial charge is 0.306 e. The van der Waals surface area contributed by atoms with Gasteiger partial charge in [-0.25, -0.2) is 0 Å². The summed E-state index contributed by atoms with van der Waals surface area (Å²) in [5.41, 5.74) is 0. The summed E-state index contributed by atoms with van der Waals surface area (Å²) < 4.78 is 11.2. The van der Waals surface area contributed by atoms with Gasteiger partial charge in [0, 0.05) is 13.0 Å². The molecule has 1 atom stereocenters. The predicted molar refractivity (Wildman–Crippen MR) is 251 cm³/mol. The molecular formula is C53H98O4. The molecule has 0 aliphatic carbocycles. The van der Waals surface area contributed by atoms with Crippen LogP contribution in [0.5, 0.6) is 0 Å². The Hall–Kier alpha value is -1.65. The quantitative estimate of drug-likeness (QED) is 0.0378. The molecule has 0 aromatic rings. The van der Waals surface area contributed by atoms with E-state index in [1.165, 1.54) is 180 Å². The van der Waals surface area contributed by atoms with Crippen LogP contribution in [0.25, 0.3) is 0 Å². The number of unbranched alkanes of at least 4 members (excludes halogenated alkanes) is 31. The molecule has 0 saturated heterocycles. The van der Waals surface area contributed by atoms with Crippen LogP contribution in [-0.2, 0) is 14.3 Å². The van der Waals surface area contributed by atoms with E-state index in [0.29, 0.717) is 19.6 Å². The van der Waals surface area contributed by atoms with Gasteiger partial charge in [0.2, 0.25) is 0 Å². The first kappa shape index (κ1) is 55.4. The van der Waals surface area contributed by atoms with Gasteiger partial charge in [-0.1, -0.05) is 249 Å². The molecule has 57 heavy (non-hydrogen) atoms. The molecule has 0 fully saturated rings. The average molecular weight is 799 g/mol. The number of hydrogen-bond donors (Lipinski definition) is 1. The molecule has 334 valence electrons. The average Bonchev–Trinajstić information content (AvgIpc) is 3.22. The van der Waals surface area contributed by atoms with Crippen molar-refractivity contribution in [3.05, 3.63) is 48.6 Å². The lowest BCUT2D eigenvalue weighted by molar-refractivity contribution is -0.154. The van der Waals surface area contributed by atoms with Gasteiger partial charge < -0.3 is 14.6 Å². The predicted octanol–water partition coefficient (Wildman–Crippen LogP) is 17.0. The molecule has 0 aliphatic rings. The summed E-state index contributed by atoms with van der Waals surface area (Å²) in [7, 11) is 0. The number of allylic oxidation sites excluding steroid dienone is 8. The third-order valence-corrected chi connectivity index (χ3v) is 11.2. The fraction of sp³-hybridized carbons (Fsp3) is 0.830. The highest BCUT2D eigenvalue weighted by Crippen LogP contribution is 2.16. The van der Waals surface area contributed by atoms with Crippen molar-refractivity contribution < 1.29 is 19.4 Å². The van der Waals surface area contributed by atoms with Crippen molar-refractivity contribution in [3.63, 3.8) is 0 Å². The Kier molecular flexibility index (Phi) is 49.0. The SMILES string of the molecule is CC/C=C\C/C=C\C/C=C\C/C=C\CCCCCCCCC(=O)OC(CO)COCCCCCCCCCCCCCCCCCCCCCCCCCCCC. The molecule has 0 heterocycles. The number of carbonyl (C=O) groups is 1. The van der Waals surface area contributed by atoms with Crippen molar-refractivity contribution in [1.82, 2.24) is 0 Å². The van der Waals surface area contributed by atoms with E-state index in [9.17, 15) is 9.90 Å². The lowest BCUT2D eigenvalue weighted by Crippen LogP contribution is -2.27. The number of esters is 1. The topological polar surface area (TPSA) is 55.8 Å². The van der Waals surface area contributed by atoms with E-state index in [4.69, 9.17) is 9.47 Å². The minimum atomic E-state index is -0.542. The van der Waals surface area contributed by atoms with Crippen LogP contribution < -0.4 is 0 Å². The molecule has 0 aromatic heterocycles. The third kappa shape index (κ3) is 48.6.